The van der Waals surface area contributed by atoms with Crippen LogP contribution in [0.4, 0.5) is 0 Å². The Morgan fingerprint density at radius 2 is 1.89 bits per heavy atom. The van der Waals surface area contributed by atoms with Gasteiger partial charge in [0, 0.05) is 22.3 Å². The number of rotatable bonds is 5. The molecule has 0 radical (unpaired) electrons. The van der Waals surface area contributed by atoms with Gasteiger partial charge < -0.3 is 9.32 Å². The average Bonchev–Trinajstić information content (AvgIpc) is 3.38. The lowest BCUT2D eigenvalue weighted by Crippen LogP contribution is -2.38. The second kappa shape index (κ2) is 8.10. The van der Waals surface area contributed by atoms with Gasteiger partial charge in [0.05, 0.1) is 6.54 Å². The van der Waals surface area contributed by atoms with Gasteiger partial charge in [-0.3, -0.25) is 4.79 Å². The molecule has 1 saturated carbocycles. The van der Waals surface area contributed by atoms with Crippen LogP contribution in [0.5, 0.6) is 0 Å². The van der Waals surface area contributed by atoms with Crippen LogP contribution in [0.25, 0.3) is 11.5 Å². The van der Waals surface area contributed by atoms with Crippen molar-refractivity contribution >= 4 is 17.5 Å². The molecule has 7 heteroatoms. The van der Waals surface area contributed by atoms with Crippen molar-refractivity contribution in [3.63, 3.8) is 0 Å². The van der Waals surface area contributed by atoms with E-state index in [-0.39, 0.29) is 18.5 Å². The quantitative estimate of drug-likeness (QED) is 0.626. The molecular formula is C21H21ClN4O2. The third-order valence-electron chi connectivity index (χ3n) is 5.00. The standard InChI is InChI=1S/C21H21ClN4O2/c1-14-5-4-8-18(23-14)21(27)26(17-6-2-3-7-17)13-19-24-25-20(28-19)15-9-11-16(22)12-10-15/h4-5,8-12,17H,2-3,6-7,13H2,1H3. The highest BCUT2D eigenvalue weighted by atomic mass is 35.5. The molecule has 1 aromatic carbocycles. The molecule has 0 unspecified atom stereocenters. The van der Waals surface area contributed by atoms with E-state index in [1.807, 2.05) is 36.1 Å². The first kappa shape index (κ1) is 18.6. The number of aryl methyl sites for hydroxylation is 1. The van der Waals surface area contributed by atoms with Crippen LogP contribution in [0.1, 0.15) is 47.8 Å². The van der Waals surface area contributed by atoms with Gasteiger partial charge in [-0.2, -0.15) is 0 Å². The number of benzene rings is 1. The van der Waals surface area contributed by atoms with E-state index in [0.717, 1.165) is 36.9 Å². The molecule has 6 nitrogen and oxygen atoms in total. The summed E-state index contributed by atoms with van der Waals surface area (Å²) in [5.41, 5.74) is 2.06. The van der Waals surface area contributed by atoms with Crippen LogP contribution >= 0.6 is 11.6 Å². The lowest BCUT2D eigenvalue weighted by molar-refractivity contribution is 0.0638. The van der Waals surface area contributed by atoms with Crippen molar-refractivity contribution in [2.45, 2.75) is 45.2 Å². The maximum atomic E-state index is 13.2. The predicted molar refractivity (Wildman–Crippen MR) is 106 cm³/mol. The number of aromatic nitrogens is 3. The maximum absolute atomic E-state index is 13.2. The fourth-order valence-electron chi connectivity index (χ4n) is 3.56. The molecule has 0 N–H and O–H groups in total. The van der Waals surface area contributed by atoms with Crippen molar-refractivity contribution in [1.82, 2.24) is 20.1 Å². The minimum Gasteiger partial charge on any atom is -0.419 e. The summed E-state index contributed by atoms with van der Waals surface area (Å²) in [6, 6.07) is 12.9. The summed E-state index contributed by atoms with van der Waals surface area (Å²) in [5, 5.41) is 8.93. The number of hydrogen-bond donors (Lipinski definition) is 0. The van der Waals surface area contributed by atoms with E-state index in [1.165, 1.54) is 0 Å². The van der Waals surface area contributed by atoms with E-state index in [4.69, 9.17) is 16.0 Å². The zero-order valence-electron chi connectivity index (χ0n) is 15.6. The Morgan fingerprint density at radius 1 is 1.14 bits per heavy atom. The normalized spacial score (nSPS) is 14.4. The summed E-state index contributed by atoms with van der Waals surface area (Å²) in [4.78, 5) is 19.4. The molecule has 4 rings (SSSR count). The van der Waals surface area contributed by atoms with Crippen LogP contribution in [0.15, 0.2) is 46.9 Å². The summed E-state index contributed by atoms with van der Waals surface area (Å²) in [6.07, 6.45) is 4.20. The molecule has 1 fully saturated rings. The zero-order valence-corrected chi connectivity index (χ0v) is 16.4. The summed E-state index contributed by atoms with van der Waals surface area (Å²) < 4.78 is 5.83. The van der Waals surface area contributed by atoms with Gasteiger partial charge in [0.2, 0.25) is 11.8 Å². The molecule has 3 aromatic rings. The molecule has 0 atom stereocenters. The van der Waals surface area contributed by atoms with Crippen molar-refractivity contribution in [3.8, 4) is 11.5 Å². The first-order chi connectivity index (χ1) is 13.6. The third-order valence-corrected chi connectivity index (χ3v) is 5.25. The first-order valence-electron chi connectivity index (χ1n) is 9.43. The Morgan fingerprint density at radius 3 is 2.61 bits per heavy atom. The third kappa shape index (κ3) is 4.07. The first-order valence-corrected chi connectivity index (χ1v) is 9.81. The number of carbonyl (C=O) groups excluding carboxylic acids is 1. The van der Waals surface area contributed by atoms with E-state index in [0.29, 0.717) is 22.5 Å². The average molecular weight is 397 g/mol. The second-order valence-corrected chi connectivity index (χ2v) is 7.48. The van der Waals surface area contributed by atoms with Crippen LogP contribution in [-0.2, 0) is 6.54 Å². The highest BCUT2D eigenvalue weighted by Gasteiger charge is 2.29. The summed E-state index contributed by atoms with van der Waals surface area (Å²) in [5.74, 6) is 0.735. The second-order valence-electron chi connectivity index (χ2n) is 7.04. The van der Waals surface area contributed by atoms with Crippen LogP contribution in [0, 0.1) is 6.92 Å². The van der Waals surface area contributed by atoms with E-state index < -0.39 is 0 Å². The highest BCUT2D eigenvalue weighted by Crippen LogP contribution is 2.27. The molecule has 0 bridgehead atoms. The van der Waals surface area contributed by atoms with Crippen molar-refractivity contribution in [3.05, 3.63) is 64.8 Å². The number of pyridine rings is 1. The monoisotopic (exact) mass is 396 g/mol. The van der Waals surface area contributed by atoms with E-state index in [1.54, 1.807) is 18.2 Å². The number of halogens is 1. The fraction of sp³-hybridized carbons (Fsp3) is 0.333. The molecule has 1 amide bonds. The Bertz CT molecular complexity index is 965. The Kier molecular flexibility index (Phi) is 5.39. The van der Waals surface area contributed by atoms with E-state index in [9.17, 15) is 4.79 Å². The Labute approximate surface area is 168 Å². The van der Waals surface area contributed by atoms with Gasteiger partial charge in [-0.25, -0.2) is 4.98 Å². The molecule has 2 heterocycles. The predicted octanol–water partition coefficient (Wildman–Crippen LogP) is 4.68. The van der Waals surface area contributed by atoms with Gasteiger partial charge in [0.15, 0.2) is 0 Å². The van der Waals surface area contributed by atoms with E-state index >= 15 is 0 Å². The molecular weight excluding hydrogens is 376 g/mol. The smallest absolute Gasteiger partial charge is 0.273 e. The van der Waals surface area contributed by atoms with Crippen LogP contribution in [0.2, 0.25) is 5.02 Å². The van der Waals surface area contributed by atoms with Crippen molar-refractivity contribution in [1.29, 1.82) is 0 Å². The molecule has 0 saturated heterocycles. The number of hydrogen-bond acceptors (Lipinski definition) is 5. The van der Waals surface area contributed by atoms with Crippen LogP contribution in [-0.4, -0.2) is 32.0 Å². The lowest BCUT2D eigenvalue weighted by atomic mass is 10.2. The highest BCUT2D eigenvalue weighted by molar-refractivity contribution is 6.30. The molecule has 1 aliphatic carbocycles. The van der Waals surface area contributed by atoms with Crippen LogP contribution in [0.3, 0.4) is 0 Å². The van der Waals surface area contributed by atoms with Gasteiger partial charge in [-0.1, -0.05) is 30.5 Å². The Hall–Kier alpha value is -2.73. The molecule has 0 spiro atoms. The van der Waals surface area contributed by atoms with Crippen molar-refractivity contribution in [2.24, 2.45) is 0 Å². The van der Waals surface area contributed by atoms with Gasteiger partial charge in [-0.05, 0) is 56.2 Å². The topological polar surface area (TPSA) is 72.1 Å². The van der Waals surface area contributed by atoms with Gasteiger partial charge >= 0.3 is 0 Å². The lowest BCUT2D eigenvalue weighted by Gasteiger charge is -2.27. The fourth-order valence-corrected chi connectivity index (χ4v) is 3.69. The summed E-state index contributed by atoms with van der Waals surface area (Å²) in [6.45, 7) is 2.16. The van der Waals surface area contributed by atoms with Crippen molar-refractivity contribution in [2.75, 3.05) is 0 Å². The SMILES string of the molecule is Cc1cccc(C(=O)N(Cc2nnc(-c3ccc(Cl)cc3)o2)C2CCCC2)n1. The molecule has 0 aliphatic heterocycles. The van der Waals surface area contributed by atoms with Gasteiger partial charge in [0.25, 0.3) is 5.91 Å². The number of amides is 1. The number of carbonyl (C=O) groups is 1. The van der Waals surface area contributed by atoms with E-state index in [2.05, 4.69) is 15.2 Å². The molecule has 28 heavy (non-hydrogen) atoms. The summed E-state index contributed by atoms with van der Waals surface area (Å²) in [7, 11) is 0. The largest absolute Gasteiger partial charge is 0.419 e. The number of nitrogens with zero attached hydrogens (tertiary/aromatic N) is 4. The minimum absolute atomic E-state index is 0.0955. The van der Waals surface area contributed by atoms with Crippen LogP contribution < -0.4 is 0 Å². The zero-order chi connectivity index (χ0) is 19.5. The Balaban J connectivity index is 1.58. The molecule has 144 valence electrons. The molecule has 1 aliphatic rings. The van der Waals surface area contributed by atoms with Gasteiger partial charge in [-0.15, -0.1) is 10.2 Å². The van der Waals surface area contributed by atoms with Crippen molar-refractivity contribution < 1.29 is 9.21 Å². The molecule has 2 aromatic heterocycles. The van der Waals surface area contributed by atoms with Gasteiger partial charge in [0.1, 0.15) is 5.69 Å². The summed E-state index contributed by atoms with van der Waals surface area (Å²) >= 11 is 5.93. The maximum Gasteiger partial charge on any atom is 0.273 e. The minimum atomic E-state index is -0.0955.